The third-order valence-electron chi connectivity index (χ3n) is 3.79. The van der Waals surface area contributed by atoms with Crippen LogP contribution in [0, 0.1) is 18.3 Å². The molecule has 29 heavy (non-hydrogen) atoms. The summed E-state index contributed by atoms with van der Waals surface area (Å²) in [7, 11) is 0. The molecule has 0 atom stereocenters. The van der Waals surface area contributed by atoms with Gasteiger partial charge < -0.3 is 10.1 Å². The van der Waals surface area contributed by atoms with Gasteiger partial charge in [0.25, 0.3) is 5.91 Å². The van der Waals surface area contributed by atoms with E-state index in [1.54, 1.807) is 47.7 Å². The van der Waals surface area contributed by atoms with Crippen molar-refractivity contribution in [3.63, 3.8) is 0 Å². The maximum absolute atomic E-state index is 12.4. The van der Waals surface area contributed by atoms with Crippen LogP contribution in [-0.2, 0) is 11.4 Å². The summed E-state index contributed by atoms with van der Waals surface area (Å²) in [6, 6.07) is 13.7. The minimum absolute atomic E-state index is 0.0531. The van der Waals surface area contributed by atoms with Crippen molar-refractivity contribution in [3.05, 3.63) is 79.7 Å². The molecule has 8 heteroatoms. The summed E-state index contributed by atoms with van der Waals surface area (Å²) in [6.07, 6.45) is 1.49. The molecule has 0 spiro atoms. The van der Waals surface area contributed by atoms with Crippen molar-refractivity contribution < 1.29 is 9.53 Å². The van der Waals surface area contributed by atoms with Gasteiger partial charge in [-0.1, -0.05) is 35.3 Å². The zero-order chi connectivity index (χ0) is 20.8. The summed E-state index contributed by atoms with van der Waals surface area (Å²) in [5, 5.41) is 15.7. The molecule has 0 radical (unpaired) electrons. The van der Waals surface area contributed by atoms with Gasteiger partial charge in [0.1, 0.15) is 24.0 Å². The Bertz CT molecular complexity index is 1100. The Morgan fingerprint density at radius 1 is 1.28 bits per heavy atom. The monoisotopic (exact) mass is 443 g/mol. The molecule has 0 saturated heterocycles. The Balaban J connectivity index is 1.66. The lowest BCUT2D eigenvalue weighted by Crippen LogP contribution is -2.13. The van der Waals surface area contributed by atoms with Crippen LogP contribution in [-0.4, -0.2) is 10.9 Å². The molecule has 3 aromatic rings. The van der Waals surface area contributed by atoms with E-state index in [2.05, 4.69) is 10.3 Å². The summed E-state index contributed by atoms with van der Waals surface area (Å²) in [5.41, 5.74) is 1.89. The van der Waals surface area contributed by atoms with Crippen molar-refractivity contribution in [2.45, 2.75) is 13.5 Å². The van der Waals surface area contributed by atoms with Gasteiger partial charge in [-0.25, -0.2) is 4.98 Å². The lowest BCUT2D eigenvalue weighted by molar-refractivity contribution is -0.112. The highest BCUT2D eigenvalue weighted by molar-refractivity contribution is 7.09. The standard InChI is InChI=1S/C21H15Cl2N3O2S/c1-13-25-17(12-29-13)11-28-18-5-2-14(3-6-18)8-15(10-24)21(27)26-20-7-4-16(22)9-19(20)23/h2-9,12H,11H2,1H3,(H,26,27)/b15-8+. The molecule has 3 rings (SSSR count). The van der Waals surface area contributed by atoms with Crippen molar-refractivity contribution in [1.29, 1.82) is 5.26 Å². The van der Waals surface area contributed by atoms with Gasteiger partial charge in [0, 0.05) is 10.4 Å². The number of aryl methyl sites for hydroxylation is 1. The van der Waals surface area contributed by atoms with Crippen molar-refractivity contribution in [2.24, 2.45) is 0 Å². The first kappa shape index (κ1) is 20.9. The number of aromatic nitrogens is 1. The molecule has 0 bridgehead atoms. The van der Waals surface area contributed by atoms with Gasteiger partial charge in [0.2, 0.25) is 0 Å². The maximum Gasteiger partial charge on any atom is 0.266 e. The fourth-order valence-electron chi connectivity index (χ4n) is 2.39. The predicted molar refractivity (Wildman–Crippen MR) is 116 cm³/mol. The molecule has 0 fully saturated rings. The zero-order valence-electron chi connectivity index (χ0n) is 15.3. The van der Waals surface area contributed by atoms with Crippen molar-refractivity contribution in [3.8, 4) is 11.8 Å². The van der Waals surface area contributed by atoms with E-state index in [4.69, 9.17) is 27.9 Å². The molecule has 146 valence electrons. The van der Waals surface area contributed by atoms with Gasteiger partial charge in [0.05, 0.1) is 21.4 Å². The first-order valence-electron chi connectivity index (χ1n) is 8.46. The number of carbonyl (C=O) groups is 1. The summed E-state index contributed by atoms with van der Waals surface area (Å²) in [6.45, 7) is 2.33. The first-order chi connectivity index (χ1) is 13.9. The van der Waals surface area contributed by atoms with E-state index in [0.717, 1.165) is 10.7 Å². The van der Waals surface area contributed by atoms with E-state index in [-0.39, 0.29) is 5.57 Å². The summed E-state index contributed by atoms with van der Waals surface area (Å²) in [4.78, 5) is 16.7. The molecule has 0 unspecified atom stereocenters. The number of rotatable bonds is 6. The van der Waals surface area contributed by atoms with Crippen LogP contribution >= 0.6 is 34.5 Å². The van der Waals surface area contributed by atoms with E-state index >= 15 is 0 Å². The third kappa shape index (κ3) is 5.81. The molecular weight excluding hydrogens is 429 g/mol. The first-order valence-corrected chi connectivity index (χ1v) is 10.1. The molecule has 1 aromatic heterocycles. The molecule has 0 aliphatic heterocycles. The molecule has 0 saturated carbocycles. The van der Waals surface area contributed by atoms with Crippen LogP contribution in [0.15, 0.2) is 53.4 Å². The van der Waals surface area contributed by atoms with Crippen LogP contribution in [0.2, 0.25) is 10.0 Å². The zero-order valence-corrected chi connectivity index (χ0v) is 17.6. The van der Waals surface area contributed by atoms with Crippen LogP contribution in [0.5, 0.6) is 5.75 Å². The van der Waals surface area contributed by atoms with Crippen LogP contribution < -0.4 is 10.1 Å². The fourth-order valence-corrected chi connectivity index (χ4v) is 3.44. The summed E-state index contributed by atoms with van der Waals surface area (Å²) in [5.74, 6) is 0.111. The van der Waals surface area contributed by atoms with Crippen LogP contribution in [0.1, 0.15) is 16.3 Å². The van der Waals surface area contributed by atoms with Crippen molar-refractivity contribution >= 4 is 52.2 Å². The van der Waals surface area contributed by atoms with Gasteiger partial charge in [-0.3, -0.25) is 4.79 Å². The quantitative estimate of drug-likeness (QED) is 0.380. The normalized spacial score (nSPS) is 11.0. The van der Waals surface area contributed by atoms with Crippen molar-refractivity contribution in [1.82, 2.24) is 4.98 Å². The minimum atomic E-state index is -0.559. The topological polar surface area (TPSA) is 75.0 Å². The van der Waals surface area contributed by atoms with E-state index in [1.165, 1.54) is 12.1 Å². The Kier molecular flexibility index (Phi) is 6.89. The number of thiazole rings is 1. The Morgan fingerprint density at radius 3 is 2.66 bits per heavy atom. The molecule has 0 aliphatic carbocycles. The lowest BCUT2D eigenvalue weighted by Gasteiger charge is -2.07. The molecular formula is C21H15Cl2N3O2S. The Morgan fingerprint density at radius 2 is 2.03 bits per heavy atom. The van der Waals surface area contributed by atoms with Crippen LogP contribution in [0.4, 0.5) is 5.69 Å². The SMILES string of the molecule is Cc1nc(COc2ccc(/C=C(\C#N)C(=O)Nc3ccc(Cl)cc3Cl)cc2)cs1. The number of nitrogens with one attached hydrogen (secondary N) is 1. The number of carbonyl (C=O) groups excluding carboxylic acids is 1. The number of benzene rings is 2. The smallest absolute Gasteiger partial charge is 0.266 e. The van der Waals surface area contributed by atoms with Gasteiger partial charge >= 0.3 is 0 Å². The van der Waals surface area contributed by atoms with Crippen LogP contribution in [0.3, 0.4) is 0 Å². The van der Waals surface area contributed by atoms with E-state index < -0.39 is 5.91 Å². The Hall–Kier alpha value is -2.85. The van der Waals surface area contributed by atoms with Crippen molar-refractivity contribution in [2.75, 3.05) is 5.32 Å². The average molecular weight is 444 g/mol. The van der Waals surface area contributed by atoms with E-state index in [1.807, 2.05) is 18.4 Å². The van der Waals surface area contributed by atoms with Gasteiger partial charge in [-0.05, 0) is 48.9 Å². The lowest BCUT2D eigenvalue weighted by atomic mass is 10.1. The number of nitrogens with zero attached hydrogens (tertiary/aromatic N) is 2. The van der Waals surface area contributed by atoms with E-state index in [0.29, 0.717) is 33.7 Å². The second kappa shape index (κ2) is 9.57. The molecule has 2 aromatic carbocycles. The number of hydrogen-bond acceptors (Lipinski definition) is 5. The molecule has 1 heterocycles. The third-order valence-corrected chi connectivity index (χ3v) is 5.16. The van der Waals surface area contributed by atoms with Gasteiger partial charge in [-0.15, -0.1) is 11.3 Å². The number of anilines is 1. The second-order valence-electron chi connectivity index (χ2n) is 5.96. The average Bonchev–Trinajstić information content (AvgIpc) is 3.12. The number of amides is 1. The molecule has 1 N–H and O–H groups in total. The number of hydrogen-bond donors (Lipinski definition) is 1. The highest BCUT2D eigenvalue weighted by Crippen LogP contribution is 2.26. The van der Waals surface area contributed by atoms with Gasteiger partial charge in [0.15, 0.2) is 0 Å². The Labute approximate surface area is 182 Å². The predicted octanol–water partition coefficient (Wildman–Crippen LogP) is 5.88. The molecule has 0 aliphatic rings. The van der Waals surface area contributed by atoms with Gasteiger partial charge in [-0.2, -0.15) is 5.26 Å². The molecule has 1 amide bonds. The summed E-state index contributed by atoms with van der Waals surface area (Å²) < 4.78 is 5.69. The fraction of sp³-hybridized carbons (Fsp3) is 0.0952. The highest BCUT2D eigenvalue weighted by Gasteiger charge is 2.12. The highest BCUT2D eigenvalue weighted by atomic mass is 35.5. The number of halogens is 2. The number of nitriles is 1. The molecule has 5 nitrogen and oxygen atoms in total. The number of ether oxygens (including phenoxy) is 1. The van der Waals surface area contributed by atoms with E-state index in [9.17, 15) is 10.1 Å². The maximum atomic E-state index is 12.4. The summed E-state index contributed by atoms with van der Waals surface area (Å²) >= 11 is 13.5. The van der Waals surface area contributed by atoms with Crippen LogP contribution in [0.25, 0.3) is 6.08 Å². The minimum Gasteiger partial charge on any atom is -0.487 e. The second-order valence-corrected chi connectivity index (χ2v) is 7.87. The largest absolute Gasteiger partial charge is 0.487 e.